The van der Waals surface area contributed by atoms with Gasteiger partial charge in [0.05, 0.1) is 0 Å². The molecular weight excluding hydrogens is 238 g/mol. The van der Waals surface area contributed by atoms with Gasteiger partial charge in [0, 0.05) is 39.1 Å². The number of hydrogen-bond donors (Lipinski definition) is 1. The van der Waals surface area contributed by atoms with Crippen LogP contribution >= 0.6 is 0 Å². The summed E-state index contributed by atoms with van der Waals surface area (Å²) in [5.74, 6) is 0.236. The number of nitrogens with one attached hydrogen (secondary N) is 1. The van der Waals surface area contributed by atoms with Gasteiger partial charge in [0.25, 0.3) is 0 Å². The zero-order valence-electron chi connectivity index (χ0n) is 13.1. The minimum atomic E-state index is 0.236. The van der Waals surface area contributed by atoms with Crippen molar-refractivity contribution in [2.24, 2.45) is 0 Å². The lowest BCUT2D eigenvalue weighted by molar-refractivity contribution is -0.128. The molecule has 0 aliphatic carbocycles. The summed E-state index contributed by atoms with van der Waals surface area (Å²) in [5.41, 5.74) is 0. The van der Waals surface area contributed by atoms with Gasteiger partial charge in [-0.1, -0.05) is 6.42 Å². The molecule has 1 aliphatic heterocycles. The number of carbonyl (C=O) groups is 1. The maximum Gasteiger partial charge on any atom is 0.222 e. The summed E-state index contributed by atoms with van der Waals surface area (Å²) in [6.07, 6.45) is 5.58. The highest BCUT2D eigenvalue weighted by molar-refractivity contribution is 5.75. The van der Waals surface area contributed by atoms with Gasteiger partial charge in [0.2, 0.25) is 5.91 Å². The smallest absolute Gasteiger partial charge is 0.222 e. The molecular formula is C15H31N3O. The Morgan fingerprint density at radius 3 is 2.58 bits per heavy atom. The topological polar surface area (TPSA) is 35.6 Å². The average molecular weight is 269 g/mol. The number of amides is 1. The van der Waals surface area contributed by atoms with Crippen molar-refractivity contribution in [3.8, 4) is 0 Å². The first-order valence-corrected chi connectivity index (χ1v) is 7.68. The Morgan fingerprint density at radius 1 is 1.32 bits per heavy atom. The largest absolute Gasteiger partial charge is 0.349 e. The summed E-state index contributed by atoms with van der Waals surface area (Å²) in [7, 11) is 3.66. The lowest BCUT2D eigenvalue weighted by atomic mass is 10.0. The van der Waals surface area contributed by atoms with Crippen LogP contribution in [0.1, 0.15) is 46.0 Å². The molecule has 112 valence electrons. The molecule has 1 rings (SSSR count). The highest BCUT2D eigenvalue weighted by atomic mass is 16.2. The Bertz CT molecular complexity index is 260. The van der Waals surface area contributed by atoms with Crippen LogP contribution in [0.3, 0.4) is 0 Å². The average Bonchev–Trinajstić information content (AvgIpc) is 2.38. The van der Waals surface area contributed by atoms with Crippen molar-refractivity contribution >= 4 is 5.91 Å². The summed E-state index contributed by atoms with van der Waals surface area (Å²) in [4.78, 5) is 15.8. The van der Waals surface area contributed by atoms with E-state index in [0.29, 0.717) is 18.5 Å². The molecule has 4 nitrogen and oxygen atoms in total. The summed E-state index contributed by atoms with van der Waals surface area (Å²) in [6.45, 7) is 7.80. The summed E-state index contributed by atoms with van der Waals surface area (Å²) in [6, 6.07) is 1.19. The van der Waals surface area contributed by atoms with Crippen molar-refractivity contribution < 1.29 is 4.79 Å². The third kappa shape index (κ3) is 6.39. The molecule has 1 N–H and O–H groups in total. The molecule has 0 spiro atoms. The van der Waals surface area contributed by atoms with Gasteiger partial charge >= 0.3 is 0 Å². The molecule has 1 unspecified atom stereocenters. The van der Waals surface area contributed by atoms with Gasteiger partial charge in [-0.2, -0.15) is 0 Å². The van der Waals surface area contributed by atoms with Crippen LogP contribution in [0.4, 0.5) is 0 Å². The zero-order chi connectivity index (χ0) is 14.3. The fourth-order valence-corrected chi connectivity index (χ4v) is 2.58. The van der Waals surface area contributed by atoms with E-state index in [0.717, 1.165) is 26.1 Å². The normalized spacial score (nSPS) is 20.0. The summed E-state index contributed by atoms with van der Waals surface area (Å²) >= 11 is 0. The van der Waals surface area contributed by atoms with E-state index >= 15 is 0 Å². The van der Waals surface area contributed by atoms with E-state index in [1.807, 2.05) is 14.1 Å². The SMILES string of the molecule is CC(C)N(CCCC(=O)N(C)C)CC1CCCCN1. The van der Waals surface area contributed by atoms with E-state index in [1.165, 1.54) is 19.3 Å². The molecule has 0 bridgehead atoms. The third-order valence-corrected chi connectivity index (χ3v) is 3.93. The Hall–Kier alpha value is -0.610. The molecule has 19 heavy (non-hydrogen) atoms. The molecule has 0 radical (unpaired) electrons. The first-order valence-electron chi connectivity index (χ1n) is 7.68. The molecule has 1 saturated heterocycles. The molecule has 0 saturated carbocycles. The molecule has 0 aromatic carbocycles. The van der Waals surface area contributed by atoms with Crippen molar-refractivity contribution in [3.05, 3.63) is 0 Å². The fraction of sp³-hybridized carbons (Fsp3) is 0.933. The predicted octanol–water partition coefficient (Wildman–Crippen LogP) is 1.71. The zero-order valence-corrected chi connectivity index (χ0v) is 13.1. The minimum absolute atomic E-state index is 0.236. The molecule has 0 aromatic heterocycles. The summed E-state index contributed by atoms with van der Waals surface area (Å²) in [5, 5.41) is 3.61. The van der Waals surface area contributed by atoms with E-state index in [2.05, 4.69) is 24.1 Å². The van der Waals surface area contributed by atoms with Gasteiger partial charge in [0.15, 0.2) is 0 Å². The van der Waals surface area contributed by atoms with Crippen LogP contribution in [0.15, 0.2) is 0 Å². The minimum Gasteiger partial charge on any atom is -0.349 e. The van der Waals surface area contributed by atoms with Crippen LogP contribution in [0.5, 0.6) is 0 Å². The van der Waals surface area contributed by atoms with Crippen LogP contribution < -0.4 is 5.32 Å². The second kappa shape index (κ2) is 8.54. The van der Waals surface area contributed by atoms with Crippen LogP contribution in [-0.2, 0) is 4.79 Å². The van der Waals surface area contributed by atoms with Crippen LogP contribution in [0, 0.1) is 0 Å². The fourth-order valence-electron chi connectivity index (χ4n) is 2.58. The second-order valence-corrected chi connectivity index (χ2v) is 6.13. The quantitative estimate of drug-likeness (QED) is 0.764. The second-order valence-electron chi connectivity index (χ2n) is 6.13. The van der Waals surface area contributed by atoms with Crippen LogP contribution in [-0.4, -0.2) is 61.5 Å². The molecule has 0 aromatic rings. The van der Waals surface area contributed by atoms with Gasteiger partial charge in [0.1, 0.15) is 0 Å². The van der Waals surface area contributed by atoms with Gasteiger partial charge in [-0.05, 0) is 46.2 Å². The maximum atomic E-state index is 11.6. The van der Waals surface area contributed by atoms with Crippen LogP contribution in [0.2, 0.25) is 0 Å². The molecule has 1 atom stereocenters. The van der Waals surface area contributed by atoms with Gasteiger partial charge in [-0.15, -0.1) is 0 Å². The van der Waals surface area contributed by atoms with E-state index in [-0.39, 0.29) is 5.91 Å². The van der Waals surface area contributed by atoms with Gasteiger partial charge in [-0.3, -0.25) is 9.69 Å². The first kappa shape index (κ1) is 16.4. The molecule has 4 heteroatoms. The van der Waals surface area contributed by atoms with E-state index in [1.54, 1.807) is 4.90 Å². The van der Waals surface area contributed by atoms with E-state index in [4.69, 9.17) is 0 Å². The van der Waals surface area contributed by atoms with E-state index < -0.39 is 0 Å². The summed E-state index contributed by atoms with van der Waals surface area (Å²) < 4.78 is 0. The Morgan fingerprint density at radius 2 is 2.05 bits per heavy atom. The number of piperidine rings is 1. The number of rotatable bonds is 7. The molecule has 1 amide bonds. The van der Waals surface area contributed by atoms with Crippen molar-refractivity contribution in [1.82, 2.24) is 15.1 Å². The Balaban J connectivity index is 2.29. The predicted molar refractivity (Wildman–Crippen MR) is 80.3 cm³/mol. The molecule has 1 heterocycles. The van der Waals surface area contributed by atoms with Gasteiger partial charge < -0.3 is 10.2 Å². The van der Waals surface area contributed by atoms with Crippen molar-refractivity contribution in [2.45, 2.75) is 58.0 Å². The third-order valence-electron chi connectivity index (χ3n) is 3.93. The molecule has 1 fully saturated rings. The lowest BCUT2D eigenvalue weighted by Crippen LogP contribution is -2.46. The van der Waals surface area contributed by atoms with Crippen molar-refractivity contribution in [3.63, 3.8) is 0 Å². The highest BCUT2D eigenvalue weighted by Crippen LogP contribution is 2.11. The Kier molecular flexibility index (Phi) is 7.39. The van der Waals surface area contributed by atoms with Crippen LogP contribution in [0.25, 0.3) is 0 Å². The van der Waals surface area contributed by atoms with Crippen molar-refractivity contribution in [1.29, 1.82) is 0 Å². The number of nitrogens with zero attached hydrogens (tertiary/aromatic N) is 2. The standard InChI is InChI=1S/C15H31N3O/c1-13(2)18(11-7-9-15(19)17(3)4)12-14-8-5-6-10-16-14/h13-14,16H,5-12H2,1-4H3. The number of hydrogen-bond acceptors (Lipinski definition) is 3. The van der Waals surface area contributed by atoms with E-state index in [9.17, 15) is 4.79 Å². The van der Waals surface area contributed by atoms with Gasteiger partial charge in [-0.25, -0.2) is 0 Å². The first-order chi connectivity index (χ1) is 9.00. The number of carbonyl (C=O) groups excluding carboxylic acids is 1. The molecule has 1 aliphatic rings. The highest BCUT2D eigenvalue weighted by Gasteiger charge is 2.18. The lowest BCUT2D eigenvalue weighted by Gasteiger charge is -2.33. The van der Waals surface area contributed by atoms with Crippen molar-refractivity contribution in [2.75, 3.05) is 33.7 Å². The maximum absolute atomic E-state index is 11.6. The monoisotopic (exact) mass is 269 g/mol. The Labute approximate surface area is 118 Å².